The lowest BCUT2D eigenvalue weighted by Gasteiger charge is -2.24. The topological polar surface area (TPSA) is 38.0 Å². The zero-order valence-electron chi connectivity index (χ0n) is 10.6. The highest BCUT2D eigenvalue weighted by Gasteiger charge is 2.23. The van der Waals surface area contributed by atoms with Crippen LogP contribution in [0.4, 0.5) is 8.78 Å². The lowest BCUT2D eigenvalue weighted by atomic mass is 9.90. The van der Waals surface area contributed by atoms with Crippen LogP contribution in [0.1, 0.15) is 43.9 Å². The Labute approximate surface area is 101 Å². The summed E-state index contributed by atoms with van der Waals surface area (Å²) in [6.45, 7) is 5.57. The van der Waals surface area contributed by atoms with Crippen LogP contribution in [0.2, 0.25) is 0 Å². The maximum Gasteiger partial charge on any atom is 0.163 e. The average Bonchev–Trinajstić information content (AvgIpc) is 2.30. The second-order valence-corrected chi connectivity index (χ2v) is 4.51. The van der Waals surface area contributed by atoms with E-state index in [0.29, 0.717) is 11.1 Å². The van der Waals surface area contributed by atoms with Crippen molar-refractivity contribution in [2.24, 2.45) is 11.8 Å². The van der Waals surface area contributed by atoms with Gasteiger partial charge >= 0.3 is 0 Å². The van der Waals surface area contributed by atoms with Crippen LogP contribution >= 0.6 is 0 Å². The Hall–Kier alpha value is -1.00. The second-order valence-electron chi connectivity index (χ2n) is 4.51. The third kappa shape index (κ3) is 3.01. The van der Waals surface area contributed by atoms with Crippen LogP contribution in [0.5, 0.6) is 0 Å². The standard InChI is InChI=1S/C13H20F2N2/c1-4-5-9(3)13(17-16)10-7-6-8(2)11(14)12(10)15/h6-7,9,13,17H,4-5,16H2,1-3H3. The molecule has 0 spiro atoms. The summed E-state index contributed by atoms with van der Waals surface area (Å²) >= 11 is 0. The first-order chi connectivity index (χ1) is 8.02. The molecule has 0 aliphatic rings. The summed E-state index contributed by atoms with van der Waals surface area (Å²) in [5, 5.41) is 0. The number of hydrazine groups is 1. The van der Waals surface area contributed by atoms with E-state index >= 15 is 0 Å². The Morgan fingerprint density at radius 1 is 1.29 bits per heavy atom. The van der Waals surface area contributed by atoms with Crippen molar-refractivity contribution in [3.05, 3.63) is 34.9 Å². The Bertz CT molecular complexity index is 380. The molecular weight excluding hydrogens is 222 g/mol. The molecule has 0 amide bonds. The van der Waals surface area contributed by atoms with E-state index in [1.54, 1.807) is 19.1 Å². The van der Waals surface area contributed by atoms with Crippen molar-refractivity contribution in [3.63, 3.8) is 0 Å². The molecule has 2 nitrogen and oxygen atoms in total. The van der Waals surface area contributed by atoms with E-state index in [4.69, 9.17) is 5.84 Å². The van der Waals surface area contributed by atoms with E-state index < -0.39 is 11.6 Å². The minimum absolute atomic E-state index is 0.154. The smallest absolute Gasteiger partial charge is 0.163 e. The van der Waals surface area contributed by atoms with E-state index in [-0.39, 0.29) is 12.0 Å². The molecule has 1 aromatic carbocycles. The average molecular weight is 242 g/mol. The van der Waals surface area contributed by atoms with Crippen LogP contribution in [0.25, 0.3) is 0 Å². The molecular formula is C13H20F2N2. The van der Waals surface area contributed by atoms with E-state index in [0.717, 1.165) is 12.8 Å². The highest BCUT2D eigenvalue weighted by molar-refractivity contribution is 5.28. The molecule has 0 aromatic heterocycles. The van der Waals surface area contributed by atoms with Crippen molar-refractivity contribution in [2.75, 3.05) is 0 Å². The molecule has 4 heteroatoms. The van der Waals surface area contributed by atoms with Crippen molar-refractivity contribution in [2.45, 2.75) is 39.7 Å². The van der Waals surface area contributed by atoms with Crippen molar-refractivity contribution < 1.29 is 8.78 Å². The van der Waals surface area contributed by atoms with E-state index in [9.17, 15) is 8.78 Å². The Morgan fingerprint density at radius 3 is 2.47 bits per heavy atom. The van der Waals surface area contributed by atoms with E-state index in [2.05, 4.69) is 12.3 Å². The van der Waals surface area contributed by atoms with Crippen LogP contribution in [0.15, 0.2) is 12.1 Å². The van der Waals surface area contributed by atoms with E-state index in [1.807, 2.05) is 6.92 Å². The highest BCUT2D eigenvalue weighted by atomic mass is 19.2. The number of hydrogen-bond acceptors (Lipinski definition) is 2. The first kappa shape index (κ1) is 14.1. The highest BCUT2D eigenvalue weighted by Crippen LogP contribution is 2.28. The fourth-order valence-corrected chi connectivity index (χ4v) is 2.08. The molecule has 0 bridgehead atoms. The normalized spacial score (nSPS) is 14.7. The lowest BCUT2D eigenvalue weighted by molar-refractivity contribution is 0.351. The van der Waals surface area contributed by atoms with Gasteiger partial charge in [-0.1, -0.05) is 32.4 Å². The van der Waals surface area contributed by atoms with Gasteiger partial charge in [0.1, 0.15) is 0 Å². The predicted molar refractivity (Wildman–Crippen MR) is 65.2 cm³/mol. The fourth-order valence-electron chi connectivity index (χ4n) is 2.08. The maximum atomic E-state index is 13.8. The predicted octanol–water partition coefficient (Wildman–Crippen LogP) is 3.21. The van der Waals surface area contributed by atoms with Gasteiger partial charge in [0.2, 0.25) is 0 Å². The van der Waals surface area contributed by atoms with Gasteiger partial charge in [0.15, 0.2) is 11.6 Å². The van der Waals surface area contributed by atoms with Gasteiger partial charge in [-0.3, -0.25) is 11.3 Å². The first-order valence-corrected chi connectivity index (χ1v) is 5.93. The van der Waals surface area contributed by atoms with E-state index in [1.165, 1.54) is 0 Å². The van der Waals surface area contributed by atoms with Crippen molar-refractivity contribution >= 4 is 0 Å². The number of hydrogen-bond donors (Lipinski definition) is 2. The quantitative estimate of drug-likeness (QED) is 0.614. The molecule has 1 aromatic rings. The van der Waals surface area contributed by atoms with Gasteiger partial charge in [-0.05, 0) is 24.8 Å². The summed E-state index contributed by atoms with van der Waals surface area (Å²) in [7, 11) is 0. The molecule has 1 rings (SSSR count). The third-order valence-electron chi connectivity index (χ3n) is 3.13. The maximum absolute atomic E-state index is 13.8. The molecule has 0 radical (unpaired) electrons. The molecule has 0 aliphatic heterocycles. The van der Waals surface area contributed by atoms with Gasteiger partial charge < -0.3 is 0 Å². The Kier molecular flexibility index (Phi) is 5.02. The second kappa shape index (κ2) is 6.07. The van der Waals surface area contributed by atoms with Gasteiger partial charge in [0, 0.05) is 5.56 Å². The summed E-state index contributed by atoms with van der Waals surface area (Å²) in [6.07, 6.45) is 1.89. The number of nitrogens with two attached hydrogens (primary N) is 1. The van der Waals surface area contributed by atoms with Crippen molar-refractivity contribution in [1.29, 1.82) is 0 Å². The van der Waals surface area contributed by atoms with Gasteiger partial charge in [-0.15, -0.1) is 0 Å². The van der Waals surface area contributed by atoms with Crippen LogP contribution in [0.3, 0.4) is 0 Å². The summed E-state index contributed by atoms with van der Waals surface area (Å²) in [6, 6.07) is 2.83. The number of nitrogens with one attached hydrogen (secondary N) is 1. The molecule has 2 unspecified atom stereocenters. The Morgan fingerprint density at radius 2 is 1.94 bits per heavy atom. The van der Waals surface area contributed by atoms with Crippen LogP contribution < -0.4 is 11.3 Å². The Balaban J connectivity index is 3.08. The molecule has 0 saturated heterocycles. The van der Waals surface area contributed by atoms with Crippen LogP contribution in [0, 0.1) is 24.5 Å². The van der Waals surface area contributed by atoms with Gasteiger partial charge in [-0.25, -0.2) is 8.78 Å². The zero-order valence-corrected chi connectivity index (χ0v) is 10.6. The molecule has 0 aliphatic carbocycles. The molecule has 96 valence electrons. The van der Waals surface area contributed by atoms with Crippen molar-refractivity contribution in [1.82, 2.24) is 5.43 Å². The third-order valence-corrected chi connectivity index (χ3v) is 3.13. The minimum Gasteiger partial charge on any atom is -0.271 e. The summed E-state index contributed by atoms with van der Waals surface area (Å²) < 4.78 is 27.3. The SMILES string of the molecule is CCCC(C)C(NN)c1ccc(C)c(F)c1F. The monoisotopic (exact) mass is 242 g/mol. The molecule has 0 heterocycles. The van der Waals surface area contributed by atoms with Gasteiger partial charge in [0.05, 0.1) is 6.04 Å². The molecule has 17 heavy (non-hydrogen) atoms. The summed E-state index contributed by atoms with van der Waals surface area (Å²) in [4.78, 5) is 0. The first-order valence-electron chi connectivity index (χ1n) is 5.93. The molecule has 0 saturated carbocycles. The summed E-state index contributed by atoms with van der Waals surface area (Å²) in [5.74, 6) is 4.03. The molecule has 2 atom stereocenters. The summed E-state index contributed by atoms with van der Waals surface area (Å²) in [5.41, 5.74) is 3.20. The number of benzene rings is 1. The number of halogens is 2. The van der Waals surface area contributed by atoms with Crippen LogP contribution in [-0.2, 0) is 0 Å². The van der Waals surface area contributed by atoms with Crippen LogP contribution in [-0.4, -0.2) is 0 Å². The number of rotatable bonds is 5. The van der Waals surface area contributed by atoms with Crippen molar-refractivity contribution in [3.8, 4) is 0 Å². The largest absolute Gasteiger partial charge is 0.271 e. The lowest BCUT2D eigenvalue weighted by Crippen LogP contribution is -2.33. The number of aryl methyl sites for hydroxylation is 1. The van der Waals surface area contributed by atoms with Gasteiger partial charge in [-0.2, -0.15) is 0 Å². The molecule has 3 N–H and O–H groups in total. The van der Waals surface area contributed by atoms with Gasteiger partial charge in [0.25, 0.3) is 0 Å². The fraction of sp³-hybridized carbons (Fsp3) is 0.538. The zero-order chi connectivity index (χ0) is 13.0. The molecule has 0 fully saturated rings. The minimum atomic E-state index is -0.795.